The zero-order chi connectivity index (χ0) is 18.1. The molecule has 1 saturated carbocycles. The SMILES string of the molecule is NC1=N[C@@]2(c3ccc(F)c(NC(=O)c4cncnc4)c3)CCC[C@H]2CS1. The lowest BCUT2D eigenvalue weighted by atomic mass is 9.81. The van der Waals surface area contributed by atoms with E-state index in [2.05, 4.69) is 15.3 Å². The molecule has 1 aromatic heterocycles. The summed E-state index contributed by atoms with van der Waals surface area (Å²) in [5.74, 6) is 0.336. The van der Waals surface area contributed by atoms with Crippen LogP contribution in [0.25, 0.3) is 0 Å². The number of thioether (sulfide) groups is 1. The van der Waals surface area contributed by atoms with E-state index in [-0.39, 0.29) is 11.3 Å². The van der Waals surface area contributed by atoms with E-state index >= 15 is 0 Å². The Morgan fingerprint density at radius 3 is 2.96 bits per heavy atom. The van der Waals surface area contributed by atoms with Crippen LogP contribution in [0, 0.1) is 11.7 Å². The van der Waals surface area contributed by atoms with Gasteiger partial charge in [-0.3, -0.25) is 9.79 Å². The summed E-state index contributed by atoms with van der Waals surface area (Å²) in [5.41, 5.74) is 6.86. The fourth-order valence-electron chi connectivity index (χ4n) is 3.79. The summed E-state index contributed by atoms with van der Waals surface area (Å²) in [6.45, 7) is 0. The van der Waals surface area contributed by atoms with Crippen molar-refractivity contribution in [2.45, 2.75) is 24.8 Å². The van der Waals surface area contributed by atoms with Crippen LogP contribution in [0.15, 0.2) is 41.9 Å². The number of fused-ring (bicyclic) bond motifs is 1. The third-order valence-corrected chi connectivity index (χ3v) is 6.02. The number of aromatic nitrogens is 2. The van der Waals surface area contributed by atoms with Crippen molar-refractivity contribution in [2.24, 2.45) is 16.6 Å². The number of carbonyl (C=O) groups excluding carboxylic acids is 1. The van der Waals surface area contributed by atoms with Crippen molar-refractivity contribution in [3.63, 3.8) is 0 Å². The largest absolute Gasteiger partial charge is 0.379 e. The van der Waals surface area contributed by atoms with Crippen LogP contribution in [0.5, 0.6) is 0 Å². The molecule has 26 heavy (non-hydrogen) atoms. The van der Waals surface area contributed by atoms with Gasteiger partial charge in [0.05, 0.1) is 16.8 Å². The van der Waals surface area contributed by atoms with Crippen molar-refractivity contribution in [1.29, 1.82) is 0 Å². The number of nitrogens with zero attached hydrogens (tertiary/aromatic N) is 3. The predicted molar refractivity (Wildman–Crippen MR) is 99.5 cm³/mol. The predicted octanol–water partition coefficient (Wildman–Crippen LogP) is 2.92. The van der Waals surface area contributed by atoms with Crippen LogP contribution in [-0.4, -0.2) is 26.8 Å². The van der Waals surface area contributed by atoms with E-state index in [1.165, 1.54) is 24.8 Å². The van der Waals surface area contributed by atoms with E-state index in [1.807, 2.05) is 0 Å². The van der Waals surface area contributed by atoms with Gasteiger partial charge in [0, 0.05) is 18.1 Å². The van der Waals surface area contributed by atoms with Crippen LogP contribution >= 0.6 is 11.8 Å². The summed E-state index contributed by atoms with van der Waals surface area (Å²) >= 11 is 1.57. The Labute approximate surface area is 154 Å². The molecule has 1 amide bonds. The first kappa shape index (κ1) is 17.0. The minimum atomic E-state index is -0.493. The van der Waals surface area contributed by atoms with Crippen LogP contribution in [0.3, 0.4) is 0 Å². The molecule has 2 atom stereocenters. The number of anilines is 1. The molecule has 2 aliphatic rings. The lowest BCUT2D eigenvalue weighted by Gasteiger charge is -2.36. The number of benzene rings is 1. The molecule has 4 rings (SSSR count). The van der Waals surface area contributed by atoms with E-state index in [1.54, 1.807) is 23.9 Å². The highest BCUT2D eigenvalue weighted by Gasteiger charge is 2.46. The van der Waals surface area contributed by atoms with Gasteiger partial charge in [0.1, 0.15) is 12.1 Å². The number of hydrogen-bond acceptors (Lipinski definition) is 6. The minimum absolute atomic E-state index is 0.128. The number of carbonyl (C=O) groups is 1. The van der Waals surface area contributed by atoms with Crippen LogP contribution in [0.2, 0.25) is 0 Å². The highest BCUT2D eigenvalue weighted by Crippen LogP contribution is 2.51. The summed E-state index contributed by atoms with van der Waals surface area (Å²) in [6.07, 6.45) is 7.12. The topological polar surface area (TPSA) is 93.3 Å². The maximum absolute atomic E-state index is 14.3. The maximum Gasteiger partial charge on any atom is 0.258 e. The van der Waals surface area contributed by atoms with Gasteiger partial charge in [-0.1, -0.05) is 24.2 Å². The molecule has 2 aromatic rings. The van der Waals surface area contributed by atoms with Gasteiger partial charge in [-0.25, -0.2) is 14.4 Å². The van der Waals surface area contributed by atoms with Crippen molar-refractivity contribution in [2.75, 3.05) is 11.1 Å². The first-order valence-corrected chi connectivity index (χ1v) is 9.41. The van der Waals surface area contributed by atoms with Crippen molar-refractivity contribution in [3.8, 4) is 0 Å². The smallest absolute Gasteiger partial charge is 0.258 e. The Bertz CT molecular complexity index is 875. The summed E-state index contributed by atoms with van der Waals surface area (Å²) in [5, 5.41) is 3.18. The Morgan fingerprint density at radius 1 is 1.35 bits per heavy atom. The average molecular weight is 371 g/mol. The quantitative estimate of drug-likeness (QED) is 0.865. The Hall–Kier alpha value is -2.48. The average Bonchev–Trinajstić information content (AvgIpc) is 3.08. The number of amidine groups is 1. The van der Waals surface area contributed by atoms with E-state index in [9.17, 15) is 9.18 Å². The molecule has 8 heteroatoms. The number of amides is 1. The van der Waals surface area contributed by atoms with Crippen LogP contribution in [-0.2, 0) is 5.54 Å². The molecule has 0 radical (unpaired) electrons. The van der Waals surface area contributed by atoms with Crippen LogP contribution in [0.4, 0.5) is 10.1 Å². The molecule has 0 unspecified atom stereocenters. The molecule has 134 valence electrons. The Morgan fingerprint density at radius 2 is 2.15 bits per heavy atom. The molecule has 0 saturated heterocycles. The molecule has 0 spiro atoms. The highest BCUT2D eigenvalue weighted by molar-refractivity contribution is 8.13. The number of halogens is 1. The summed E-state index contributed by atoms with van der Waals surface area (Å²) in [4.78, 5) is 24.7. The second-order valence-electron chi connectivity index (χ2n) is 6.55. The highest BCUT2D eigenvalue weighted by atomic mass is 32.2. The molecule has 1 fully saturated rings. The van der Waals surface area contributed by atoms with Crippen molar-refractivity contribution >= 4 is 28.5 Å². The van der Waals surface area contributed by atoms with Crippen molar-refractivity contribution in [1.82, 2.24) is 9.97 Å². The number of nitrogens with two attached hydrogens (primary N) is 1. The molecular weight excluding hydrogens is 353 g/mol. The molecule has 1 aliphatic carbocycles. The van der Waals surface area contributed by atoms with Gasteiger partial charge in [0.15, 0.2) is 5.17 Å². The molecule has 3 N–H and O–H groups in total. The standard InChI is InChI=1S/C18H18FN5OS/c19-14-4-3-12(18-5-1-2-13(18)9-26-17(20)24-18)6-15(14)23-16(25)11-7-21-10-22-8-11/h3-4,6-8,10,13H,1-2,5,9H2,(H2,20,24)(H,23,25)/t13-,18+/m0/s1. The Kier molecular flexibility index (Phi) is 4.36. The number of rotatable bonds is 3. The van der Waals surface area contributed by atoms with Crippen LogP contribution in [0.1, 0.15) is 35.2 Å². The summed E-state index contributed by atoms with van der Waals surface area (Å²) in [7, 11) is 0. The third-order valence-electron chi connectivity index (χ3n) is 5.07. The minimum Gasteiger partial charge on any atom is -0.379 e. The van der Waals surface area contributed by atoms with Crippen LogP contribution < -0.4 is 11.1 Å². The van der Waals surface area contributed by atoms with Gasteiger partial charge in [-0.15, -0.1) is 0 Å². The zero-order valence-corrected chi connectivity index (χ0v) is 14.8. The van der Waals surface area contributed by atoms with Gasteiger partial charge in [-0.05, 0) is 36.5 Å². The van der Waals surface area contributed by atoms with E-state index in [0.717, 1.165) is 30.6 Å². The fraction of sp³-hybridized carbons (Fsp3) is 0.333. The third kappa shape index (κ3) is 2.94. The molecule has 0 bridgehead atoms. The fourth-order valence-corrected chi connectivity index (χ4v) is 4.83. The van der Waals surface area contributed by atoms with E-state index in [4.69, 9.17) is 10.7 Å². The molecule has 2 heterocycles. The molecule has 6 nitrogen and oxygen atoms in total. The zero-order valence-electron chi connectivity index (χ0n) is 14.0. The Balaban J connectivity index is 1.68. The van der Waals surface area contributed by atoms with Gasteiger partial charge in [0.25, 0.3) is 5.91 Å². The lowest BCUT2D eigenvalue weighted by molar-refractivity contribution is 0.102. The lowest BCUT2D eigenvalue weighted by Crippen LogP contribution is -2.36. The number of aliphatic imine (C=N–C) groups is 1. The van der Waals surface area contributed by atoms with Gasteiger partial charge in [0.2, 0.25) is 0 Å². The monoisotopic (exact) mass is 371 g/mol. The van der Waals surface area contributed by atoms with Gasteiger partial charge < -0.3 is 11.1 Å². The first-order chi connectivity index (χ1) is 12.6. The molecule has 1 aromatic carbocycles. The summed E-state index contributed by atoms with van der Waals surface area (Å²) < 4.78 is 14.3. The van der Waals surface area contributed by atoms with E-state index < -0.39 is 17.3 Å². The van der Waals surface area contributed by atoms with Gasteiger partial charge >= 0.3 is 0 Å². The summed E-state index contributed by atoms with van der Waals surface area (Å²) in [6, 6.07) is 4.81. The van der Waals surface area contributed by atoms with Crippen molar-refractivity contribution < 1.29 is 9.18 Å². The first-order valence-electron chi connectivity index (χ1n) is 8.43. The van der Waals surface area contributed by atoms with Gasteiger partial charge in [-0.2, -0.15) is 0 Å². The van der Waals surface area contributed by atoms with E-state index in [0.29, 0.717) is 11.1 Å². The normalized spacial score (nSPS) is 24.7. The maximum atomic E-state index is 14.3. The number of hydrogen-bond donors (Lipinski definition) is 2. The second-order valence-corrected chi connectivity index (χ2v) is 7.59. The second kappa shape index (κ2) is 6.68. The molecular formula is C18H18FN5OS. The number of nitrogens with one attached hydrogen (secondary N) is 1. The molecule has 1 aliphatic heterocycles. The van der Waals surface area contributed by atoms with Crippen molar-refractivity contribution in [3.05, 3.63) is 53.9 Å².